The van der Waals surface area contributed by atoms with E-state index in [1.165, 1.54) is 12.8 Å². The van der Waals surface area contributed by atoms with Crippen LogP contribution in [-0.2, 0) is 0 Å². The van der Waals surface area contributed by atoms with Gasteiger partial charge in [-0.1, -0.05) is 0 Å². The number of hydrogen-bond acceptors (Lipinski definition) is 7. The summed E-state index contributed by atoms with van der Waals surface area (Å²) in [5.41, 5.74) is 0. The summed E-state index contributed by atoms with van der Waals surface area (Å²) in [6.07, 6.45) is 2.73. The minimum atomic E-state index is 0.371. The zero-order valence-corrected chi connectivity index (χ0v) is 12.2. The molecule has 2 aliphatic rings. The number of rotatable bonds is 5. The van der Waals surface area contributed by atoms with E-state index in [2.05, 4.69) is 30.1 Å². The summed E-state index contributed by atoms with van der Waals surface area (Å²) >= 11 is 0. The van der Waals surface area contributed by atoms with E-state index in [9.17, 15) is 0 Å². The lowest BCUT2D eigenvalue weighted by Gasteiger charge is -2.34. The zero-order valence-electron chi connectivity index (χ0n) is 12.2. The standard InChI is InChI=1S/C13H22N6O/c1-3-14-11-15-12(17-13(16-11)20-2)19-8-6-18(7-9-19)10-4-5-10/h10H,3-9H2,1-2H3,(H,14,15,16,17). The van der Waals surface area contributed by atoms with Gasteiger partial charge >= 0.3 is 6.01 Å². The molecule has 0 aromatic carbocycles. The molecular weight excluding hydrogens is 256 g/mol. The monoisotopic (exact) mass is 278 g/mol. The summed E-state index contributed by atoms with van der Waals surface area (Å²) in [6, 6.07) is 1.21. The van der Waals surface area contributed by atoms with E-state index in [1.54, 1.807) is 7.11 Å². The van der Waals surface area contributed by atoms with Crippen molar-refractivity contribution in [2.24, 2.45) is 0 Å². The minimum Gasteiger partial charge on any atom is -0.467 e. The van der Waals surface area contributed by atoms with E-state index in [4.69, 9.17) is 4.74 Å². The zero-order chi connectivity index (χ0) is 13.9. The molecule has 2 heterocycles. The third kappa shape index (κ3) is 2.92. The van der Waals surface area contributed by atoms with Crippen molar-refractivity contribution in [3.8, 4) is 6.01 Å². The number of methoxy groups -OCH3 is 1. The molecule has 2 fully saturated rings. The Labute approximate surface area is 119 Å². The van der Waals surface area contributed by atoms with Crippen LogP contribution >= 0.6 is 0 Å². The van der Waals surface area contributed by atoms with E-state index in [-0.39, 0.29) is 0 Å². The number of ether oxygens (including phenoxy) is 1. The third-order valence-electron chi connectivity index (χ3n) is 3.78. The molecule has 0 amide bonds. The van der Waals surface area contributed by atoms with Crippen LogP contribution in [0.3, 0.4) is 0 Å². The molecule has 110 valence electrons. The lowest BCUT2D eigenvalue weighted by Crippen LogP contribution is -2.47. The van der Waals surface area contributed by atoms with Crippen molar-refractivity contribution in [3.63, 3.8) is 0 Å². The maximum atomic E-state index is 5.16. The summed E-state index contributed by atoms with van der Waals surface area (Å²) in [4.78, 5) is 17.8. The fraction of sp³-hybridized carbons (Fsp3) is 0.769. The average molecular weight is 278 g/mol. The van der Waals surface area contributed by atoms with Crippen LogP contribution in [-0.4, -0.2) is 65.7 Å². The molecule has 3 rings (SSSR count). The summed E-state index contributed by atoms with van der Waals surface area (Å²) < 4.78 is 5.16. The Kier molecular flexibility index (Phi) is 3.86. The summed E-state index contributed by atoms with van der Waals surface area (Å²) in [7, 11) is 1.58. The van der Waals surface area contributed by atoms with Crippen LogP contribution in [0.2, 0.25) is 0 Å². The van der Waals surface area contributed by atoms with E-state index >= 15 is 0 Å². The van der Waals surface area contributed by atoms with Crippen LogP contribution < -0.4 is 15.0 Å². The number of anilines is 2. The first-order valence-electron chi connectivity index (χ1n) is 7.33. The molecule has 1 aliphatic heterocycles. The lowest BCUT2D eigenvalue weighted by atomic mass is 10.3. The van der Waals surface area contributed by atoms with Crippen LogP contribution in [0.4, 0.5) is 11.9 Å². The maximum Gasteiger partial charge on any atom is 0.322 e. The Morgan fingerprint density at radius 3 is 2.50 bits per heavy atom. The Balaban J connectivity index is 1.70. The SMILES string of the molecule is CCNc1nc(OC)nc(N2CCN(C3CC3)CC2)n1. The molecule has 1 aromatic heterocycles. The average Bonchev–Trinajstić information content (AvgIpc) is 3.32. The van der Waals surface area contributed by atoms with Crippen molar-refractivity contribution in [3.05, 3.63) is 0 Å². The smallest absolute Gasteiger partial charge is 0.322 e. The van der Waals surface area contributed by atoms with Crippen molar-refractivity contribution in [1.29, 1.82) is 0 Å². The molecule has 0 radical (unpaired) electrons. The molecule has 0 atom stereocenters. The number of nitrogens with zero attached hydrogens (tertiary/aromatic N) is 5. The first-order chi connectivity index (χ1) is 9.80. The fourth-order valence-electron chi connectivity index (χ4n) is 2.54. The van der Waals surface area contributed by atoms with Crippen molar-refractivity contribution in [1.82, 2.24) is 19.9 Å². The fourth-order valence-corrected chi connectivity index (χ4v) is 2.54. The summed E-state index contributed by atoms with van der Waals surface area (Å²) in [6.45, 7) is 6.92. The highest BCUT2D eigenvalue weighted by Crippen LogP contribution is 2.28. The van der Waals surface area contributed by atoms with Crippen LogP contribution in [0, 0.1) is 0 Å². The number of piperazine rings is 1. The quantitative estimate of drug-likeness (QED) is 0.845. The summed E-state index contributed by atoms with van der Waals surface area (Å²) in [5.74, 6) is 1.29. The van der Waals surface area contributed by atoms with E-state index in [1.807, 2.05) is 6.92 Å². The highest BCUT2D eigenvalue weighted by molar-refractivity contribution is 5.38. The van der Waals surface area contributed by atoms with Crippen LogP contribution in [0.25, 0.3) is 0 Å². The Morgan fingerprint density at radius 1 is 1.15 bits per heavy atom. The third-order valence-corrected chi connectivity index (χ3v) is 3.78. The maximum absolute atomic E-state index is 5.16. The molecule has 20 heavy (non-hydrogen) atoms. The molecular formula is C13H22N6O. The second-order valence-corrected chi connectivity index (χ2v) is 5.23. The molecule has 1 N–H and O–H groups in total. The first kappa shape index (κ1) is 13.4. The molecule has 0 unspecified atom stereocenters. The van der Waals surface area contributed by atoms with Gasteiger partial charge < -0.3 is 15.0 Å². The predicted octanol–water partition coefficient (Wildman–Crippen LogP) is 0.596. The Hall–Kier alpha value is -1.63. The molecule has 7 nitrogen and oxygen atoms in total. The summed E-state index contributed by atoms with van der Waals surface area (Å²) in [5, 5.41) is 3.12. The van der Waals surface area contributed by atoms with E-state index < -0.39 is 0 Å². The molecule has 0 spiro atoms. The van der Waals surface area contributed by atoms with E-state index in [0.717, 1.165) is 38.8 Å². The second kappa shape index (κ2) is 5.78. The van der Waals surface area contributed by atoms with Crippen molar-refractivity contribution < 1.29 is 4.74 Å². The normalized spacial score (nSPS) is 20.0. The van der Waals surface area contributed by atoms with Gasteiger partial charge in [-0.05, 0) is 19.8 Å². The van der Waals surface area contributed by atoms with Gasteiger partial charge in [0.25, 0.3) is 0 Å². The van der Waals surface area contributed by atoms with Crippen molar-refractivity contribution in [2.45, 2.75) is 25.8 Å². The predicted molar refractivity (Wildman–Crippen MR) is 77.4 cm³/mol. The van der Waals surface area contributed by atoms with Gasteiger partial charge in [0.15, 0.2) is 0 Å². The molecule has 1 aromatic rings. The Bertz CT molecular complexity index is 456. The molecule has 1 saturated heterocycles. The number of nitrogens with one attached hydrogen (secondary N) is 1. The van der Waals surface area contributed by atoms with Gasteiger partial charge in [-0.25, -0.2) is 0 Å². The number of hydrogen-bond donors (Lipinski definition) is 1. The Morgan fingerprint density at radius 2 is 1.90 bits per heavy atom. The molecule has 0 bridgehead atoms. The molecule has 1 saturated carbocycles. The van der Waals surface area contributed by atoms with Gasteiger partial charge in [-0.2, -0.15) is 15.0 Å². The second-order valence-electron chi connectivity index (χ2n) is 5.23. The lowest BCUT2D eigenvalue weighted by molar-refractivity contribution is 0.246. The highest BCUT2D eigenvalue weighted by atomic mass is 16.5. The van der Waals surface area contributed by atoms with Gasteiger partial charge in [-0.3, -0.25) is 4.90 Å². The van der Waals surface area contributed by atoms with Gasteiger partial charge in [0.1, 0.15) is 0 Å². The first-order valence-corrected chi connectivity index (χ1v) is 7.33. The van der Waals surface area contributed by atoms with Crippen LogP contribution in [0.1, 0.15) is 19.8 Å². The van der Waals surface area contributed by atoms with Gasteiger partial charge in [0, 0.05) is 38.8 Å². The van der Waals surface area contributed by atoms with Crippen LogP contribution in [0.5, 0.6) is 6.01 Å². The van der Waals surface area contributed by atoms with Gasteiger partial charge in [-0.15, -0.1) is 0 Å². The van der Waals surface area contributed by atoms with Gasteiger partial charge in [0.2, 0.25) is 11.9 Å². The van der Waals surface area contributed by atoms with Crippen molar-refractivity contribution >= 4 is 11.9 Å². The van der Waals surface area contributed by atoms with Crippen molar-refractivity contribution in [2.75, 3.05) is 50.1 Å². The van der Waals surface area contributed by atoms with E-state index in [0.29, 0.717) is 17.9 Å². The van der Waals surface area contributed by atoms with Gasteiger partial charge in [0.05, 0.1) is 7.11 Å². The number of aromatic nitrogens is 3. The molecule has 7 heteroatoms. The topological polar surface area (TPSA) is 66.4 Å². The largest absolute Gasteiger partial charge is 0.467 e. The highest BCUT2D eigenvalue weighted by Gasteiger charge is 2.31. The minimum absolute atomic E-state index is 0.371. The molecule has 1 aliphatic carbocycles. The van der Waals surface area contributed by atoms with Crippen LogP contribution in [0.15, 0.2) is 0 Å².